The van der Waals surface area contributed by atoms with Crippen LogP contribution in [0, 0.1) is 13.8 Å². The van der Waals surface area contributed by atoms with E-state index in [4.69, 9.17) is 19.9 Å². The van der Waals surface area contributed by atoms with Gasteiger partial charge in [0.2, 0.25) is 0 Å². The molecular formula is C62H44N6. The molecule has 322 valence electrons. The summed E-state index contributed by atoms with van der Waals surface area (Å²) in [6.07, 6.45) is 3.70. The van der Waals surface area contributed by atoms with Gasteiger partial charge in [-0.15, -0.1) is 0 Å². The van der Waals surface area contributed by atoms with E-state index in [1.165, 1.54) is 0 Å². The first kappa shape index (κ1) is 40.5. The van der Waals surface area contributed by atoms with Crippen LogP contribution in [0.1, 0.15) is 11.1 Å². The molecule has 0 N–H and O–H groups in total. The third-order valence-electron chi connectivity index (χ3n) is 13.0. The molecule has 0 unspecified atom stereocenters. The molecule has 8 aromatic carbocycles. The predicted octanol–water partition coefficient (Wildman–Crippen LogP) is 15.4. The number of pyridine rings is 2. The zero-order valence-electron chi connectivity index (χ0n) is 37.6. The first-order valence-electron chi connectivity index (χ1n) is 23.0. The molecule has 0 aliphatic rings. The third kappa shape index (κ3) is 6.90. The molecule has 0 aliphatic carbocycles. The van der Waals surface area contributed by atoms with E-state index in [1.54, 1.807) is 0 Å². The average molecular weight is 873 g/mol. The molecule has 12 aromatic rings. The highest BCUT2D eigenvalue weighted by molar-refractivity contribution is 6.08. The third-order valence-corrected chi connectivity index (χ3v) is 13.0. The van der Waals surface area contributed by atoms with Gasteiger partial charge in [0.25, 0.3) is 0 Å². The molecule has 0 aliphatic heterocycles. The van der Waals surface area contributed by atoms with Crippen molar-refractivity contribution in [3.8, 4) is 89.8 Å². The lowest BCUT2D eigenvalue weighted by Crippen LogP contribution is -2.03. The van der Waals surface area contributed by atoms with Gasteiger partial charge < -0.3 is 0 Å². The first-order valence-corrected chi connectivity index (χ1v) is 23.0. The number of imidazole rings is 2. The van der Waals surface area contributed by atoms with E-state index in [2.05, 4.69) is 217 Å². The number of nitrogens with zero attached hydrogens (tertiary/aromatic N) is 6. The second-order valence-electron chi connectivity index (χ2n) is 17.1. The highest BCUT2D eigenvalue weighted by Gasteiger charge is 2.27. The van der Waals surface area contributed by atoms with Crippen LogP contribution < -0.4 is 0 Å². The van der Waals surface area contributed by atoms with Gasteiger partial charge in [-0.1, -0.05) is 182 Å². The molecule has 0 atom stereocenters. The summed E-state index contributed by atoms with van der Waals surface area (Å²) in [6.45, 7) is 4.29. The summed E-state index contributed by atoms with van der Waals surface area (Å²) >= 11 is 0. The number of para-hydroxylation sites is 2. The second-order valence-corrected chi connectivity index (χ2v) is 17.1. The standard InChI is InChI=1S/C62H44N6/c1-41-21-9-15-37-55(41)67-59(65-53-35-19-39-63-61(53)67)51-29-13-11-27-47(51)49-33-17-31-45(43-23-5-3-6-24-43)57(49)58-46(44-25-7-4-8-26-44)32-18-34-50(58)48-28-12-14-30-52(48)60-66-54-36-20-40-64-62(54)68(60)56-38-16-10-22-42(56)2/h3-40H,1-2H3. The van der Waals surface area contributed by atoms with Crippen LogP contribution in [0.5, 0.6) is 0 Å². The molecule has 0 spiro atoms. The average Bonchev–Trinajstić information content (AvgIpc) is 3.98. The number of rotatable bonds is 9. The van der Waals surface area contributed by atoms with Crippen molar-refractivity contribution in [1.29, 1.82) is 0 Å². The zero-order valence-corrected chi connectivity index (χ0v) is 37.6. The van der Waals surface area contributed by atoms with Gasteiger partial charge in [0.15, 0.2) is 11.3 Å². The summed E-state index contributed by atoms with van der Waals surface area (Å²) in [7, 11) is 0. The Balaban J connectivity index is 1.19. The molecule has 0 bridgehead atoms. The van der Waals surface area contributed by atoms with E-state index < -0.39 is 0 Å². The largest absolute Gasteiger partial charge is 0.276 e. The van der Waals surface area contributed by atoms with Crippen LogP contribution in [0.2, 0.25) is 0 Å². The minimum atomic E-state index is 0.810. The van der Waals surface area contributed by atoms with Gasteiger partial charge in [-0.25, -0.2) is 19.9 Å². The maximum atomic E-state index is 5.39. The number of aryl methyl sites for hydroxylation is 2. The van der Waals surface area contributed by atoms with Crippen LogP contribution in [-0.2, 0) is 0 Å². The van der Waals surface area contributed by atoms with Crippen molar-refractivity contribution in [2.24, 2.45) is 0 Å². The Morgan fingerprint density at radius 2 is 0.647 bits per heavy atom. The van der Waals surface area contributed by atoms with Crippen molar-refractivity contribution >= 4 is 22.3 Å². The second kappa shape index (κ2) is 17.1. The number of hydrogen-bond donors (Lipinski definition) is 0. The molecule has 4 heterocycles. The van der Waals surface area contributed by atoms with Gasteiger partial charge in [0.1, 0.15) is 22.7 Å². The Morgan fingerprint density at radius 1 is 0.294 bits per heavy atom. The van der Waals surface area contributed by atoms with Gasteiger partial charge in [0, 0.05) is 23.5 Å². The molecule has 0 saturated heterocycles. The number of fused-ring (bicyclic) bond motifs is 2. The van der Waals surface area contributed by atoms with Gasteiger partial charge in [-0.05, 0) is 117 Å². The summed E-state index contributed by atoms with van der Waals surface area (Å²) in [5, 5.41) is 0. The van der Waals surface area contributed by atoms with Crippen LogP contribution in [-0.4, -0.2) is 29.1 Å². The fraction of sp³-hybridized carbons (Fsp3) is 0.0323. The van der Waals surface area contributed by atoms with E-state index in [0.29, 0.717) is 0 Å². The van der Waals surface area contributed by atoms with Crippen molar-refractivity contribution in [2.75, 3.05) is 0 Å². The highest BCUT2D eigenvalue weighted by Crippen LogP contribution is 2.51. The maximum Gasteiger partial charge on any atom is 0.164 e. The minimum absolute atomic E-state index is 0.810. The highest BCUT2D eigenvalue weighted by atomic mass is 15.1. The summed E-state index contributed by atoms with van der Waals surface area (Å²) in [5.41, 5.74) is 20.6. The summed E-state index contributed by atoms with van der Waals surface area (Å²) < 4.78 is 4.44. The summed E-state index contributed by atoms with van der Waals surface area (Å²) in [4.78, 5) is 20.6. The maximum absolute atomic E-state index is 5.39. The van der Waals surface area contributed by atoms with E-state index in [0.717, 1.165) is 123 Å². The van der Waals surface area contributed by atoms with Crippen LogP contribution in [0.4, 0.5) is 0 Å². The molecule has 0 saturated carbocycles. The van der Waals surface area contributed by atoms with Gasteiger partial charge >= 0.3 is 0 Å². The fourth-order valence-electron chi connectivity index (χ4n) is 9.91. The van der Waals surface area contributed by atoms with Crippen LogP contribution in [0.25, 0.3) is 112 Å². The SMILES string of the molecule is Cc1ccccc1-n1c(-c2ccccc2-c2cccc(-c3ccccc3)c2-c2c(-c3ccccc3)cccc2-c2ccccc2-c2nc3cccnc3n2-c2ccccc2C)nc2cccnc21. The van der Waals surface area contributed by atoms with Gasteiger partial charge in [-0.3, -0.25) is 9.13 Å². The smallest absolute Gasteiger partial charge is 0.164 e. The first-order chi connectivity index (χ1) is 33.6. The monoisotopic (exact) mass is 872 g/mol. The Bertz CT molecular complexity index is 3580. The Kier molecular flexibility index (Phi) is 10.2. The molecular weight excluding hydrogens is 829 g/mol. The van der Waals surface area contributed by atoms with Crippen molar-refractivity contribution in [3.63, 3.8) is 0 Å². The molecule has 4 aromatic heterocycles. The number of benzene rings is 8. The normalized spacial score (nSPS) is 11.4. The van der Waals surface area contributed by atoms with Crippen molar-refractivity contribution in [1.82, 2.24) is 29.1 Å². The Hall–Kier alpha value is -9.00. The topological polar surface area (TPSA) is 61.4 Å². The van der Waals surface area contributed by atoms with E-state index in [-0.39, 0.29) is 0 Å². The quantitative estimate of drug-likeness (QED) is 0.145. The number of hydrogen-bond acceptors (Lipinski definition) is 4. The Morgan fingerprint density at radius 3 is 1.07 bits per heavy atom. The fourth-order valence-corrected chi connectivity index (χ4v) is 9.91. The molecule has 0 amide bonds. The molecule has 0 fully saturated rings. The van der Waals surface area contributed by atoms with Crippen LogP contribution in [0.3, 0.4) is 0 Å². The lowest BCUT2D eigenvalue weighted by molar-refractivity contribution is 1.06. The van der Waals surface area contributed by atoms with E-state index in [1.807, 2.05) is 36.7 Å². The molecule has 6 heteroatoms. The van der Waals surface area contributed by atoms with Gasteiger partial charge in [0.05, 0.1) is 11.4 Å². The molecule has 6 nitrogen and oxygen atoms in total. The van der Waals surface area contributed by atoms with Crippen LogP contribution >= 0.6 is 0 Å². The molecule has 0 radical (unpaired) electrons. The van der Waals surface area contributed by atoms with Crippen LogP contribution in [0.15, 0.2) is 231 Å². The lowest BCUT2D eigenvalue weighted by Gasteiger charge is -2.24. The lowest BCUT2D eigenvalue weighted by atomic mass is 9.79. The van der Waals surface area contributed by atoms with Crippen molar-refractivity contribution in [3.05, 3.63) is 242 Å². The minimum Gasteiger partial charge on any atom is -0.276 e. The van der Waals surface area contributed by atoms with Crippen molar-refractivity contribution < 1.29 is 0 Å². The molecule has 12 rings (SSSR count). The van der Waals surface area contributed by atoms with Crippen molar-refractivity contribution in [2.45, 2.75) is 13.8 Å². The van der Waals surface area contributed by atoms with Gasteiger partial charge in [-0.2, -0.15) is 0 Å². The summed E-state index contributed by atoms with van der Waals surface area (Å²) in [6, 6.07) is 77.4. The zero-order chi connectivity index (χ0) is 45.6. The van der Waals surface area contributed by atoms with E-state index in [9.17, 15) is 0 Å². The molecule has 68 heavy (non-hydrogen) atoms. The number of aromatic nitrogens is 6. The predicted molar refractivity (Wildman–Crippen MR) is 279 cm³/mol. The Labute approximate surface area is 395 Å². The van der Waals surface area contributed by atoms with E-state index >= 15 is 0 Å². The summed E-state index contributed by atoms with van der Waals surface area (Å²) in [5.74, 6) is 1.65.